The largest absolute Gasteiger partial charge is 0.508 e. The second-order valence-corrected chi connectivity index (χ2v) is 13.7. The summed E-state index contributed by atoms with van der Waals surface area (Å²) >= 11 is 0. The van der Waals surface area contributed by atoms with Gasteiger partial charge >= 0.3 is 0 Å². The van der Waals surface area contributed by atoms with Gasteiger partial charge in [-0.15, -0.1) is 0 Å². The highest BCUT2D eigenvalue weighted by Gasteiger charge is 2.19. The molecule has 53 heavy (non-hydrogen) atoms. The number of fused-ring (bicyclic) bond motifs is 4. The zero-order valence-corrected chi connectivity index (χ0v) is 29.4. The van der Waals surface area contributed by atoms with E-state index in [2.05, 4.69) is 17.4 Å². The highest BCUT2D eigenvalue weighted by molar-refractivity contribution is 6.16. The van der Waals surface area contributed by atoms with Gasteiger partial charge in [0.2, 0.25) is 0 Å². The summed E-state index contributed by atoms with van der Waals surface area (Å²) in [5.74, 6) is 0.879. The molecule has 0 aliphatic heterocycles. The Morgan fingerprint density at radius 3 is 2.15 bits per heavy atom. The average Bonchev–Trinajstić information content (AvgIpc) is 3.17. The standard InChI is InChI=1S/C46H39NO6/c1-28-25-33(12-19-38(28)44-40-22-16-36(50)27-42(40)53-45-39-21-15-35(49)26-32(39)11-20-41(44)45)46(51)47-23-24-52-37-17-9-31(10-18-37)43(29-5-3-2-4-6-29)30-7-13-34(48)14-8-30/h7-22,25-27,48,50H,2-6,23-24H2,1H3,(H,47,51). The van der Waals surface area contributed by atoms with Crippen LogP contribution in [0.3, 0.4) is 0 Å². The number of phenols is 2. The van der Waals surface area contributed by atoms with Crippen molar-refractivity contribution in [3.63, 3.8) is 0 Å². The number of benzene rings is 6. The number of hydrogen-bond donors (Lipinski definition) is 3. The molecule has 0 spiro atoms. The van der Waals surface area contributed by atoms with Crippen molar-refractivity contribution in [3.05, 3.63) is 153 Å². The third-order valence-electron chi connectivity index (χ3n) is 10.2. The average molecular weight is 702 g/mol. The minimum atomic E-state index is -0.196. The SMILES string of the molecule is Cc1cc(C(=O)NCCOc2ccc(C(=C3CCCCC3)c3ccc(O)cc3)cc2)ccc1-c1c2ccc(O)cc2oc2c1ccc1cc(=O)ccc12. The Bertz CT molecular complexity index is 2590. The Balaban J connectivity index is 0.978. The number of aromatic hydroxyl groups is 2. The van der Waals surface area contributed by atoms with E-state index in [9.17, 15) is 19.8 Å². The van der Waals surface area contributed by atoms with E-state index in [4.69, 9.17) is 9.15 Å². The predicted octanol–water partition coefficient (Wildman–Crippen LogP) is 10.1. The summed E-state index contributed by atoms with van der Waals surface area (Å²) in [4.78, 5) is 25.3. The topological polar surface area (TPSA) is 109 Å². The molecule has 1 heterocycles. The molecular weight excluding hydrogens is 663 g/mol. The lowest BCUT2D eigenvalue weighted by Crippen LogP contribution is -2.28. The van der Waals surface area contributed by atoms with Crippen molar-refractivity contribution < 1.29 is 24.2 Å². The van der Waals surface area contributed by atoms with Crippen molar-refractivity contribution in [3.8, 4) is 28.4 Å². The molecule has 1 fully saturated rings. The van der Waals surface area contributed by atoms with E-state index < -0.39 is 0 Å². The van der Waals surface area contributed by atoms with Crippen LogP contribution in [0.25, 0.3) is 49.4 Å². The van der Waals surface area contributed by atoms with Gasteiger partial charge in [0.05, 0.1) is 6.54 Å². The molecule has 0 saturated heterocycles. The molecule has 1 aromatic heterocycles. The van der Waals surface area contributed by atoms with Gasteiger partial charge in [-0.3, -0.25) is 9.59 Å². The van der Waals surface area contributed by atoms with Gasteiger partial charge in [-0.25, -0.2) is 0 Å². The number of aryl methyl sites for hydroxylation is 1. The van der Waals surface area contributed by atoms with Gasteiger partial charge in [0.1, 0.15) is 35.0 Å². The Morgan fingerprint density at radius 2 is 1.40 bits per heavy atom. The van der Waals surface area contributed by atoms with Crippen molar-refractivity contribution in [2.75, 3.05) is 13.2 Å². The second kappa shape index (κ2) is 14.4. The van der Waals surface area contributed by atoms with E-state index in [-0.39, 0.29) is 22.8 Å². The minimum Gasteiger partial charge on any atom is -0.508 e. The number of allylic oxidation sites excluding steroid dienone is 1. The Labute approximate surface area is 306 Å². The van der Waals surface area contributed by atoms with Crippen molar-refractivity contribution in [2.45, 2.75) is 39.0 Å². The molecule has 7 nitrogen and oxygen atoms in total. The van der Waals surface area contributed by atoms with Crippen LogP contribution in [0, 0.1) is 6.92 Å². The molecule has 0 bridgehead atoms. The van der Waals surface area contributed by atoms with Crippen molar-refractivity contribution in [1.29, 1.82) is 0 Å². The number of rotatable bonds is 8. The van der Waals surface area contributed by atoms with Crippen molar-refractivity contribution in [1.82, 2.24) is 5.32 Å². The predicted molar refractivity (Wildman–Crippen MR) is 211 cm³/mol. The zero-order valence-electron chi connectivity index (χ0n) is 29.4. The molecule has 1 saturated carbocycles. The van der Waals surface area contributed by atoms with Gasteiger partial charge in [-0.1, -0.05) is 48.4 Å². The van der Waals surface area contributed by atoms with E-state index in [1.54, 1.807) is 36.4 Å². The van der Waals surface area contributed by atoms with Crippen LogP contribution in [0.2, 0.25) is 0 Å². The summed E-state index contributed by atoms with van der Waals surface area (Å²) in [5, 5.41) is 26.4. The number of amides is 1. The first-order valence-electron chi connectivity index (χ1n) is 18.1. The Hall–Kier alpha value is -6.34. The quantitative estimate of drug-likeness (QED) is 0.0827. The maximum absolute atomic E-state index is 13.3. The first-order valence-corrected chi connectivity index (χ1v) is 18.1. The van der Waals surface area contributed by atoms with Crippen LogP contribution in [-0.4, -0.2) is 29.3 Å². The number of carbonyl (C=O) groups excluding carboxylic acids is 1. The van der Waals surface area contributed by atoms with Crippen molar-refractivity contribution in [2.24, 2.45) is 0 Å². The molecule has 7 heteroatoms. The van der Waals surface area contributed by atoms with Gasteiger partial charge in [-0.05, 0) is 139 Å². The fraction of sp³-hybridized carbons (Fsp3) is 0.174. The van der Waals surface area contributed by atoms with Gasteiger partial charge in [0, 0.05) is 33.4 Å². The van der Waals surface area contributed by atoms with Crippen LogP contribution in [-0.2, 0) is 0 Å². The van der Waals surface area contributed by atoms with Gasteiger partial charge in [0.25, 0.3) is 5.91 Å². The van der Waals surface area contributed by atoms with Gasteiger partial charge in [-0.2, -0.15) is 0 Å². The van der Waals surface area contributed by atoms with Crippen LogP contribution < -0.4 is 15.5 Å². The van der Waals surface area contributed by atoms with Crippen LogP contribution in [0.15, 0.2) is 130 Å². The molecular formula is C46H39NO6. The smallest absolute Gasteiger partial charge is 0.251 e. The van der Waals surface area contributed by atoms with Crippen LogP contribution in [0.5, 0.6) is 17.2 Å². The molecule has 0 radical (unpaired) electrons. The normalized spacial score (nSPS) is 13.0. The number of phenolic OH excluding ortho intramolecular Hbond substituents is 2. The number of carbonyl (C=O) groups is 1. The molecule has 1 aliphatic rings. The molecule has 0 atom stereocenters. The maximum atomic E-state index is 13.3. The fourth-order valence-corrected chi connectivity index (χ4v) is 7.60. The summed E-state index contributed by atoms with van der Waals surface area (Å²) in [5.41, 5.74) is 9.26. The van der Waals surface area contributed by atoms with Crippen LogP contribution >= 0.6 is 0 Å². The second-order valence-electron chi connectivity index (χ2n) is 13.7. The Morgan fingerprint density at radius 1 is 0.717 bits per heavy atom. The number of ether oxygens (including phenoxy) is 1. The third kappa shape index (κ3) is 6.86. The summed E-state index contributed by atoms with van der Waals surface area (Å²) in [6.07, 6.45) is 5.82. The summed E-state index contributed by atoms with van der Waals surface area (Å²) in [6, 6.07) is 35.0. The third-order valence-corrected chi connectivity index (χ3v) is 10.2. The summed E-state index contributed by atoms with van der Waals surface area (Å²) in [6.45, 7) is 2.62. The lowest BCUT2D eigenvalue weighted by atomic mass is 9.85. The number of hydrogen-bond acceptors (Lipinski definition) is 6. The van der Waals surface area contributed by atoms with E-state index in [1.165, 1.54) is 36.5 Å². The molecule has 7 aromatic rings. The van der Waals surface area contributed by atoms with Crippen LogP contribution in [0.1, 0.15) is 59.2 Å². The molecule has 1 aliphatic carbocycles. The molecule has 264 valence electrons. The minimum absolute atomic E-state index is 0.0789. The van der Waals surface area contributed by atoms with Gasteiger partial charge in [0.15, 0.2) is 5.43 Å². The van der Waals surface area contributed by atoms with Crippen LogP contribution in [0.4, 0.5) is 0 Å². The lowest BCUT2D eigenvalue weighted by molar-refractivity contribution is 0.0947. The fourth-order valence-electron chi connectivity index (χ4n) is 7.60. The van der Waals surface area contributed by atoms with Crippen molar-refractivity contribution >= 4 is 44.2 Å². The first kappa shape index (κ1) is 33.8. The first-order chi connectivity index (χ1) is 25.8. The number of nitrogens with one attached hydrogen (secondary N) is 1. The highest BCUT2D eigenvalue weighted by atomic mass is 16.5. The van der Waals surface area contributed by atoms with E-state index in [0.717, 1.165) is 68.0 Å². The monoisotopic (exact) mass is 701 g/mol. The van der Waals surface area contributed by atoms with E-state index in [1.807, 2.05) is 67.6 Å². The molecule has 6 aromatic carbocycles. The molecule has 8 rings (SSSR count). The zero-order chi connectivity index (χ0) is 36.5. The van der Waals surface area contributed by atoms with Gasteiger partial charge < -0.3 is 24.7 Å². The summed E-state index contributed by atoms with van der Waals surface area (Å²) < 4.78 is 12.4. The lowest BCUT2D eigenvalue weighted by Gasteiger charge is -2.20. The summed E-state index contributed by atoms with van der Waals surface area (Å²) in [7, 11) is 0. The van der Waals surface area contributed by atoms with E-state index in [0.29, 0.717) is 29.9 Å². The Kier molecular flexibility index (Phi) is 9.15. The molecule has 3 N–H and O–H groups in total. The molecule has 1 amide bonds. The van der Waals surface area contributed by atoms with E-state index >= 15 is 0 Å². The molecule has 0 unspecified atom stereocenters. The maximum Gasteiger partial charge on any atom is 0.251 e. The highest BCUT2D eigenvalue weighted by Crippen LogP contribution is 2.41.